The molecule has 1 aliphatic heterocycles. The van der Waals surface area contributed by atoms with Gasteiger partial charge in [-0.1, -0.05) is 17.7 Å². The van der Waals surface area contributed by atoms with E-state index in [1.807, 2.05) is 14.1 Å². The highest BCUT2D eigenvalue weighted by Gasteiger charge is 2.37. The van der Waals surface area contributed by atoms with Gasteiger partial charge in [0, 0.05) is 40.0 Å². The van der Waals surface area contributed by atoms with Gasteiger partial charge < -0.3 is 0 Å². The Kier molecular flexibility index (Phi) is 5.79. The average molecular weight is 327 g/mol. The lowest BCUT2D eigenvalue weighted by atomic mass is 9.75. The van der Waals surface area contributed by atoms with Crippen LogP contribution >= 0.6 is 0 Å². The highest BCUT2D eigenvalue weighted by Crippen LogP contribution is 2.35. The van der Waals surface area contributed by atoms with Crippen LogP contribution in [-0.4, -0.2) is 43.0 Å². The van der Waals surface area contributed by atoms with Gasteiger partial charge >= 0.3 is 0 Å². The first-order valence-corrected chi connectivity index (χ1v) is 8.68. The summed E-state index contributed by atoms with van der Waals surface area (Å²) in [6.07, 6.45) is 2.34. The van der Waals surface area contributed by atoms with Crippen molar-refractivity contribution in [2.75, 3.05) is 27.2 Å². The van der Waals surface area contributed by atoms with Crippen molar-refractivity contribution in [3.63, 3.8) is 0 Å². The number of rotatable bonds is 5. The van der Waals surface area contributed by atoms with Crippen LogP contribution in [0.15, 0.2) is 12.1 Å². The van der Waals surface area contributed by atoms with Gasteiger partial charge in [0.25, 0.3) is 0 Å². The van der Waals surface area contributed by atoms with Crippen LogP contribution in [0.1, 0.15) is 41.5 Å². The number of Topliss-reactive ketones (excluding diaryl/α,β-unsaturated/α-hetero) is 1. The van der Waals surface area contributed by atoms with Gasteiger partial charge in [0.15, 0.2) is 0 Å². The SMILES string of the molecule is Cc1cc(C)c(CC(=O)CC2(C#N)CCN(N(C)C)CC2)c(C)c1. The number of hydrogen-bond acceptors (Lipinski definition) is 4. The maximum absolute atomic E-state index is 12.7. The predicted molar refractivity (Wildman–Crippen MR) is 96.5 cm³/mol. The fourth-order valence-electron chi connectivity index (χ4n) is 3.78. The summed E-state index contributed by atoms with van der Waals surface area (Å²) in [4.78, 5) is 12.7. The van der Waals surface area contributed by atoms with E-state index in [1.54, 1.807) is 0 Å². The van der Waals surface area contributed by atoms with Gasteiger partial charge in [-0.05, 0) is 50.3 Å². The highest BCUT2D eigenvalue weighted by atomic mass is 16.1. The van der Waals surface area contributed by atoms with E-state index in [1.165, 1.54) is 16.7 Å². The Bertz CT molecular complexity index is 626. The number of carbonyl (C=O) groups excluding carboxylic acids is 1. The number of carbonyl (C=O) groups is 1. The molecule has 0 amide bonds. The Balaban J connectivity index is 2.05. The fourth-order valence-corrected chi connectivity index (χ4v) is 3.78. The minimum atomic E-state index is -0.490. The highest BCUT2D eigenvalue weighted by molar-refractivity contribution is 5.82. The summed E-state index contributed by atoms with van der Waals surface area (Å²) in [5, 5.41) is 14.0. The molecular weight excluding hydrogens is 298 g/mol. The van der Waals surface area contributed by atoms with Crippen LogP contribution in [0.5, 0.6) is 0 Å². The Hall–Kier alpha value is -1.70. The zero-order valence-corrected chi connectivity index (χ0v) is 15.6. The van der Waals surface area contributed by atoms with E-state index in [-0.39, 0.29) is 5.78 Å². The molecule has 1 aromatic carbocycles. The lowest BCUT2D eigenvalue weighted by Gasteiger charge is -2.39. The molecule has 0 spiro atoms. The molecule has 130 valence electrons. The molecule has 0 radical (unpaired) electrons. The van der Waals surface area contributed by atoms with Crippen molar-refractivity contribution in [1.29, 1.82) is 5.26 Å². The summed E-state index contributed by atoms with van der Waals surface area (Å²) in [5.41, 5.74) is 4.22. The molecule has 4 nitrogen and oxygen atoms in total. The summed E-state index contributed by atoms with van der Waals surface area (Å²) < 4.78 is 0. The number of aryl methyl sites for hydroxylation is 3. The maximum Gasteiger partial charge on any atom is 0.138 e. The van der Waals surface area contributed by atoms with Gasteiger partial charge in [-0.25, -0.2) is 10.0 Å². The van der Waals surface area contributed by atoms with Gasteiger partial charge in [0.2, 0.25) is 0 Å². The molecule has 24 heavy (non-hydrogen) atoms. The number of hydrazine groups is 1. The second-order valence-electron chi connectivity index (χ2n) is 7.46. The largest absolute Gasteiger partial charge is 0.299 e. The summed E-state index contributed by atoms with van der Waals surface area (Å²) in [7, 11) is 4.04. The van der Waals surface area contributed by atoms with Gasteiger partial charge in [0.05, 0.1) is 11.5 Å². The molecule has 2 rings (SSSR count). The zero-order chi connectivity index (χ0) is 17.9. The Morgan fingerprint density at radius 3 is 2.21 bits per heavy atom. The molecule has 1 fully saturated rings. The van der Waals surface area contributed by atoms with Crippen molar-refractivity contribution < 1.29 is 4.79 Å². The predicted octanol–water partition coefficient (Wildman–Crippen LogP) is 3.20. The smallest absolute Gasteiger partial charge is 0.138 e. The summed E-state index contributed by atoms with van der Waals surface area (Å²) in [6, 6.07) is 6.73. The normalized spacial score (nSPS) is 17.7. The average Bonchev–Trinajstić information content (AvgIpc) is 2.51. The van der Waals surface area contributed by atoms with Crippen LogP contribution < -0.4 is 0 Å². The Morgan fingerprint density at radius 2 is 1.75 bits per heavy atom. The molecule has 1 saturated heterocycles. The van der Waals surface area contributed by atoms with E-state index in [2.05, 4.69) is 49.0 Å². The maximum atomic E-state index is 12.7. The first-order valence-electron chi connectivity index (χ1n) is 8.68. The molecule has 0 aliphatic carbocycles. The summed E-state index contributed by atoms with van der Waals surface area (Å²) >= 11 is 0. The minimum Gasteiger partial charge on any atom is -0.299 e. The number of ketones is 1. The third kappa shape index (κ3) is 4.23. The van der Waals surface area contributed by atoms with Gasteiger partial charge in [0.1, 0.15) is 5.78 Å². The molecule has 1 heterocycles. The van der Waals surface area contributed by atoms with Gasteiger partial charge in [-0.2, -0.15) is 5.26 Å². The molecule has 0 bridgehead atoms. The Morgan fingerprint density at radius 1 is 1.21 bits per heavy atom. The van der Waals surface area contributed by atoms with E-state index in [4.69, 9.17) is 0 Å². The topological polar surface area (TPSA) is 47.3 Å². The molecular formula is C20H29N3O. The molecule has 0 N–H and O–H groups in total. The van der Waals surface area contributed by atoms with Crippen molar-refractivity contribution in [2.45, 2.75) is 46.5 Å². The standard InChI is InChI=1S/C20H29N3O/c1-15-10-16(2)19(17(3)11-15)12-18(24)13-20(14-21)6-8-23(9-7-20)22(4)5/h10-11H,6-9,12-13H2,1-5H3. The zero-order valence-electron chi connectivity index (χ0n) is 15.6. The second kappa shape index (κ2) is 7.46. The molecule has 0 atom stereocenters. The molecule has 0 aromatic heterocycles. The number of benzene rings is 1. The number of nitriles is 1. The van der Waals surface area contributed by atoms with Gasteiger partial charge in [-0.15, -0.1) is 0 Å². The molecule has 1 aromatic rings. The van der Waals surface area contributed by atoms with Crippen LogP contribution in [0.3, 0.4) is 0 Å². The van der Waals surface area contributed by atoms with Crippen molar-refractivity contribution >= 4 is 5.78 Å². The first-order chi connectivity index (χ1) is 11.3. The van der Waals surface area contributed by atoms with E-state index < -0.39 is 5.41 Å². The lowest BCUT2D eigenvalue weighted by molar-refractivity contribution is -0.121. The third-order valence-electron chi connectivity index (χ3n) is 5.25. The Labute approximate surface area is 146 Å². The molecule has 1 aliphatic rings. The summed E-state index contributed by atoms with van der Waals surface area (Å²) in [5.74, 6) is 0.185. The van der Waals surface area contributed by atoms with Crippen LogP contribution in [0.25, 0.3) is 0 Å². The van der Waals surface area contributed by atoms with E-state index in [9.17, 15) is 10.1 Å². The van der Waals surface area contributed by atoms with E-state index in [0.717, 1.165) is 31.5 Å². The number of nitrogens with zero attached hydrogens (tertiary/aromatic N) is 3. The van der Waals surface area contributed by atoms with Gasteiger partial charge in [-0.3, -0.25) is 4.79 Å². The van der Waals surface area contributed by atoms with Crippen LogP contribution in [0.2, 0.25) is 0 Å². The quantitative estimate of drug-likeness (QED) is 0.833. The lowest BCUT2D eigenvalue weighted by Crippen LogP contribution is -2.46. The van der Waals surface area contributed by atoms with E-state index in [0.29, 0.717) is 12.8 Å². The van der Waals surface area contributed by atoms with Crippen molar-refractivity contribution in [1.82, 2.24) is 10.0 Å². The monoisotopic (exact) mass is 327 g/mol. The molecule has 0 unspecified atom stereocenters. The van der Waals surface area contributed by atoms with Crippen LogP contribution in [-0.2, 0) is 11.2 Å². The van der Waals surface area contributed by atoms with E-state index >= 15 is 0 Å². The molecule has 0 saturated carbocycles. The third-order valence-corrected chi connectivity index (χ3v) is 5.25. The second-order valence-corrected chi connectivity index (χ2v) is 7.46. The minimum absolute atomic E-state index is 0.185. The fraction of sp³-hybridized carbons (Fsp3) is 0.600. The number of hydrogen-bond donors (Lipinski definition) is 0. The number of piperidine rings is 1. The summed E-state index contributed by atoms with van der Waals surface area (Å²) in [6.45, 7) is 7.90. The first kappa shape index (κ1) is 18.6. The van der Waals surface area contributed by atoms with Crippen molar-refractivity contribution in [3.8, 4) is 6.07 Å². The van der Waals surface area contributed by atoms with Crippen molar-refractivity contribution in [3.05, 3.63) is 34.4 Å². The molecule has 4 heteroatoms. The van der Waals surface area contributed by atoms with Crippen molar-refractivity contribution in [2.24, 2.45) is 5.41 Å². The van der Waals surface area contributed by atoms with Crippen LogP contribution in [0.4, 0.5) is 0 Å². The van der Waals surface area contributed by atoms with Crippen LogP contribution in [0, 0.1) is 37.5 Å².